The van der Waals surface area contributed by atoms with Crippen LogP contribution in [0.2, 0.25) is 0 Å². The van der Waals surface area contributed by atoms with Crippen molar-refractivity contribution in [2.45, 2.75) is 6.92 Å². The summed E-state index contributed by atoms with van der Waals surface area (Å²) in [4.78, 5) is 10.7. The first-order chi connectivity index (χ1) is 5.65. The number of hydrogen-bond donors (Lipinski definition) is 2. The predicted octanol–water partition coefficient (Wildman–Crippen LogP) is 0.382. The first-order valence-corrected chi connectivity index (χ1v) is 3.40. The average Bonchev–Trinajstić information content (AvgIpc) is 2.03. The van der Waals surface area contributed by atoms with E-state index in [1.165, 1.54) is 12.3 Å². The van der Waals surface area contributed by atoms with E-state index in [2.05, 4.69) is 16.4 Å². The fraction of sp³-hybridized carbons (Fsp3) is 0.125. The van der Waals surface area contributed by atoms with Crippen molar-refractivity contribution in [3.8, 4) is 0 Å². The lowest BCUT2D eigenvalue weighted by Crippen LogP contribution is -2.20. The second-order valence-electron chi connectivity index (χ2n) is 2.42. The number of rotatable bonds is 2. The molecule has 0 spiro atoms. The Morgan fingerprint density at radius 2 is 2.42 bits per heavy atom. The first kappa shape index (κ1) is 8.55. The third kappa shape index (κ3) is 1.54. The smallest absolute Gasteiger partial charge is 0.335 e. The highest BCUT2D eigenvalue weighted by atomic mass is 16.4. The molecule has 0 amide bonds. The van der Waals surface area contributed by atoms with E-state index in [9.17, 15) is 4.79 Å². The molecule has 64 valence electrons. The third-order valence-corrected chi connectivity index (χ3v) is 1.55. The largest absolute Gasteiger partial charge is 0.431 e. The van der Waals surface area contributed by atoms with Crippen LogP contribution in [0, 0.1) is 6.92 Å². The Hall–Kier alpha value is -1.55. The van der Waals surface area contributed by atoms with Crippen molar-refractivity contribution in [3.05, 3.63) is 40.5 Å². The van der Waals surface area contributed by atoms with Gasteiger partial charge in [-0.25, -0.2) is 4.79 Å². The monoisotopic (exact) mass is 166 g/mol. The van der Waals surface area contributed by atoms with Gasteiger partial charge in [0.05, 0.1) is 5.70 Å². The minimum Gasteiger partial charge on any atom is -0.431 e. The molecule has 4 heteroatoms. The van der Waals surface area contributed by atoms with Gasteiger partial charge in [0.2, 0.25) is 0 Å². The Bertz CT molecular complexity index is 354. The van der Waals surface area contributed by atoms with Gasteiger partial charge >= 0.3 is 5.63 Å². The van der Waals surface area contributed by atoms with Crippen LogP contribution in [0.4, 0.5) is 0 Å². The van der Waals surface area contributed by atoms with E-state index in [1.54, 1.807) is 6.92 Å². The quantitative estimate of drug-likeness (QED) is 0.492. The lowest BCUT2D eigenvalue weighted by molar-refractivity contribution is 0.507. The van der Waals surface area contributed by atoms with Gasteiger partial charge in [-0.15, -0.1) is 0 Å². The fourth-order valence-corrected chi connectivity index (χ4v) is 0.885. The zero-order valence-electron chi connectivity index (χ0n) is 6.76. The van der Waals surface area contributed by atoms with E-state index < -0.39 is 0 Å². The standard InChI is InChI=1S/C8H10N2O2/c1-5-3-8(11)12-4-7(5)6(2)10-9/h3-4,10H,2,9H2,1H3. The predicted molar refractivity (Wildman–Crippen MR) is 46.1 cm³/mol. The molecule has 0 aromatic carbocycles. The zero-order chi connectivity index (χ0) is 9.14. The van der Waals surface area contributed by atoms with Gasteiger partial charge in [0.15, 0.2) is 0 Å². The molecule has 0 aliphatic heterocycles. The molecule has 1 heterocycles. The van der Waals surface area contributed by atoms with Crippen molar-refractivity contribution in [3.63, 3.8) is 0 Å². The Kier molecular flexibility index (Phi) is 2.30. The lowest BCUT2D eigenvalue weighted by atomic mass is 10.1. The number of hydrogen-bond acceptors (Lipinski definition) is 4. The summed E-state index contributed by atoms with van der Waals surface area (Å²) in [5, 5.41) is 0. The van der Waals surface area contributed by atoms with E-state index >= 15 is 0 Å². The summed E-state index contributed by atoms with van der Waals surface area (Å²) < 4.78 is 4.65. The zero-order valence-corrected chi connectivity index (χ0v) is 6.76. The van der Waals surface area contributed by atoms with Crippen molar-refractivity contribution in [1.82, 2.24) is 5.43 Å². The van der Waals surface area contributed by atoms with Crippen LogP contribution >= 0.6 is 0 Å². The minimum absolute atomic E-state index is 0.374. The second kappa shape index (κ2) is 3.23. The van der Waals surface area contributed by atoms with Crippen LogP contribution in [0.1, 0.15) is 11.1 Å². The number of hydrazine groups is 1. The van der Waals surface area contributed by atoms with Gasteiger partial charge in [-0.1, -0.05) is 6.58 Å². The highest BCUT2D eigenvalue weighted by Crippen LogP contribution is 2.10. The van der Waals surface area contributed by atoms with Crippen LogP contribution < -0.4 is 16.9 Å². The average molecular weight is 166 g/mol. The summed E-state index contributed by atoms with van der Waals surface area (Å²) in [5.41, 5.74) is 4.03. The molecular weight excluding hydrogens is 156 g/mol. The van der Waals surface area contributed by atoms with Crippen molar-refractivity contribution >= 4 is 5.70 Å². The lowest BCUT2D eigenvalue weighted by Gasteiger charge is -2.05. The normalized spacial score (nSPS) is 9.50. The molecule has 1 aromatic rings. The highest BCUT2D eigenvalue weighted by molar-refractivity contribution is 5.62. The minimum atomic E-state index is -0.374. The molecule has 3 N–H and O–H groups in total. The molecule has 0 unspecified atom stereocenters. The Labute approximate surface area is 69.7 Å². The SMILES string of the molecule is C=C(NN)c1coc(=O)cc1C. The van der Waals surface area contributed by atoms with Crippen LogP contribution in [-0.2, 0) is 0 Å². The molecule has 0 aliphatic rings. The molecular formula is C8H10N2O2. The fourth-order valence-electron chi connectivity index (χ4n) is 0.885. The Balaban J connectivity index is 3.18. The van der Waals surface area contributed by atoms with Crippen molar-refractivity contribution in [2.75, 3.05) is 0 Å². The summed E-state index contributed by atoms with van der Waals surface area (Å²) >= 11 is 0. The van der Waals surface area contributed by atoms with Gasteiger partial charge in [0.25, 0.3) is 0 Å². The van der Waals surface area contributed by atoms with Gasteiger partial charge in [-0.3, -0.25) is 5.84 Å². The van der Waals surface area contributed by atoms with Crippen molar-refractivity contribution < 1.29 is 4.42 Å². The van der Waals surface area contributed by atoms with Gasteiger partial charge in [-0.2, -0.15) is 0 Å². The Morgan fingerprint density at radius 1 is 1.75 bits per heavy atom. The van der Waals surface area contributed by atoms with Crippen LogP contribution in [0.25, 0.3) is 5.70 Å². The summed E-state index contributed by atoms with van der Waals surface area (Å²) in [6, 6.07) is 1.39. The maximum atomic E-state index is 10.7. The van der Waals surface area contributed by atoms with Crippen LogP contribution in [0.5, 0.6) is 0 Å². The molecule has 1 rings (SSSR count). The summed E-state index contributed by atoms with van der Waals surface area (Å²) in [6.07, 6.45) is 1.33. The summed E-state index contributed by atoms with van der Waals surface area (Å²) in [5.74, 6) is 5.14. The molecule has 0 atom stereocenters. The maximum absolute atomic E-state index is 10.7. The summed E-state index contributed by atoms with van der Waals surface area (Å²) in [7, 11) is 0. The molecule has 4 nitrogen and oxygen atoms in total. The molecule has 0 fully saturated rings. The van der Waals surface area contributed by atoms with Gasteiger partial charge in [0, 0.05) is 11.6 Å². The maximum Gasteiger partial charge on any atom is 0.335 e. The van der Waals surface area contributed by atoms with Crippen LogP contribution in [0.15, 0.2) is 28.1 Å². The highest BCUT2D eigenvalue weighted by Gasteiger charge is 2.02. The number of nitrogens with one attached hydrogen (secondary N) is 1. The molecule has 0 radical (unpaired) electrons. The molecule has 0 bridgehead atoms. The van der Waals surface area contributed by atoms with Gasteiger partial charge < -0.3 is 9.84 Å². The summed E-state index contributed by atoms with van der Waals surface area (Å²) in [6.45, 7) is 5.42. The van der Waals surface area contributed by atoms with Crippen LogP contribution in [0.3, 0.4) is 0 Å². The van der Waals surface area contributed by atoms with E-state index in [4.69, 9.17) is 5.84 Å². The van der Waals surface area contributed by atoms with E-state index in [-0.39, 0.29) is 5.63 Å². The van der Waals surface area contributed by atoms with Crippen LogP contribution in [-0.4, -0.2) is 0 Å². The topological polar surface area (TPSA) is 68.3 Å². The molecule has 0 aliphatic carbocycles. The number of nitrogens with two attached hydrogens (primary N) is 1. The molecule has 1 aromatic heterocycles. The van der Waals surface area contributed by atoms with Gasteiger partial charge in [-0.05, 0) is 12.5 Å². The Morgan fingerprint density at radius 3 is 2.92 bits per heavy atom. The molecule has 0 saturated heterocycles. The number of aryl methyl sites for hydroxylation is 1. The van der Waals surface area contributed by atoms with E-state index in [1.807, 2.05) is 0 Å². The van der Waals surface area contributed by atoms with E-state index in [0.717, 1.165) is 5.56 Å². The second-order valence-corrected chi connectivity index (χ2v) is 2.42. The van der Waals surface area contributed by atoms with Crippen molar-refractivity contribution in [2.24, 2.45) is 5.84 Å². The third-order valence-electron chi connectivity index (χ3n) is 1.55. The molecule has 12 heavy (non-hydrogen) atoms. The molecule has 0 saturated carbocycles. The van der Waals surface area contributed by atoms with Gasteiger partial charge in [0.1, 0.15) is 6.26 Å². The van der Waals surface area contributed by atoms with E-state index in [0.29, 0.717) is 11.3 Å². The first-order valence-electron chi connectivity index (χ1n) is 3.40. The van der Waals surface area contributed by atoms with Crippen molar-refractivity contribution in [1.29, 1.82) is 0 Å².